The molecule has 0 aliphatic carbocycles. The smallest absolute Gasteiger partial charge is 0.182 e. The number of carbonyl (C=O) groups is 1. The summed E-state index contributed by atoms with van der Waals surface area (Å²) < 4.78 is 1.66. The minimum Gasteiger partial charge on any atom is -0.330 e. The Kier molecular flexibility index (Phi) is 4.50. The highest BCUT2D eigenvalue weighted by molar-refractivity contribution is 6.33. The third-order valence-electron chi connectivity index (χ3n) is 2.44. The first kappa shape index (κ1) is 13.2. The van der Waals surface area contributed by atoms with Crippen LogP contribution in [0.2, 0.25) is 5.02 Å². The van der Waals surface area contributed by atoms with Gasteiger partial charge < -0.3 is 5.73 Å². The van der Waals surface area contributed by atoms with Gasteiger partial charge in [-0.05, 0) is 26.3 Å². The largest absolute Gasteiger partial charge is 0.330 e. The molecule has 16 heavy (non-hydrogen) atoms. The first-order valence-electron chi connectivity index (χ1n) is 5.43. The minimum absolute atomic E-state index is 0.00847. The minimum atomic E-state index is 0.00847. The second-order valence-corrected chi connectivity index (χ2v) is 4.75. The summed E-state index contributed by atoms with van der Waals surface area (Å²) in [6, 6.07) is 0.125. The van der Waals surface area contributed by atoms with Crippen molar-refractivity contribution in [2.45, 2.75) is 33.2 Å². The predicted octanol–water partition coefficient (Wildman–Crippen LogP) is 2.29. The Morgan fingerprint density at radius 3 is 2.69 bits per heavy atom. The Morgan fingerprint density at radius 1 is 1.56 bits per heavy atom. The quantitative estimate of drug-likeness (QED) is 0.808. The molecule has 1 aromatic rings. The zero-order chi connectivity index (χ0) is 12.3. The Morgan fingerprint density at radius 2 is 2.19 bits per heavy atom. The van der Waals surface area contributed by atoms with Gasteiger partial charge >= 0.3 is 0 Å². The number of aromatic nitrogens is 2. The maximum atomic E-state index is 12.0. The lowest BCUT2D eigenvalue weighted by molar-refractivity contribution is 0.0953. The number of ketones is 1. The van der Waals surface area contributed by atoms with Crippen LogP contribution in [-0.2, 0) is 0 Å². The van der Waals surface area contributed by atoms with Crippen LogP contribution in [0, 0.1) is 5.92 Å². The SMILES string of the molecule is CC(CN)CC(=O)c1c(Cl)cnn1C(C)C. The van der Waals surface area contributed by atoms with Gasteiger partial charge in [0.1, 0.15) is 5.69 Å². The third-order valence-corrected chi connectivity index (χ3v) is 2.72. The van der Waals surface area contributed by atoms with Crippen LogP contribution in [0.3, 0.4) is 0 Å². The molecule has 0 saturated carbocycles. The van der Waals surface area contributed by atoms with Crippen LogP contribution in [0.15, 0.2) is 6.20 Å². The number of carbonyl (C=O) groups excluding carboxylic acids is 1. The molecule has 1 heterocycles. The van der Waals surface area contributed by atoms with Crippen molar-refractivity contribution in [3.8, 4) is 0 Å². The van der Waals surface area contributed by atoms with Gasteiger partial charge in [0, 0.05) is 12.5 Å². The van der Waals surface area contributed by atoms with Crippen LogP contribution in [0.1, 0.15) is 43.7 Å². The lowest BCUT2D eigenvalue weighted by Gasteiger charge is -2.12. The lowest BCUT2D eigenvalue weighted by Crippen LogP contribution is -2.19. The molecule has 4 nitrogen and oxygen atoms in total. The lowest BCUT2D eigenvalue weighted by atomic mass is 10.0. The molecule has 0 saturated heterocycles. The second kappa shape index (κ2) is 5.46. The molecule has 1 unspecified atom stereocenters. The van der Waals surface area contributed by atoms with Crippen LogP contribution in [0.25, 0.3) is 0 Å². The Labute approximate surface area is 101 Å². The van der Waals surface area contributed by atoms with Crippen LogP contribution in [-0.4, -0.2) is 22.1 Å². The monoisotopic (exact) mass is 243 g/mol. The van der Waals surface area contributed by atoms with Gasteiger partial charge in [-0.3, -0.25) is 9.48 Å². The van der Waals surface area contributed by atoms with Gasteiger partial charge in [0.15, 0.2) is 5.78 Å². The summed E-state index contributed by atoms with van der Waals surface area (Å²) >= 11 is 5.98. The van der Waals surface area contributed by atoms with Gasteiger partial charge in [0.05, 0.1) is 11.2 Å². The van der Waals surface area contributed by atoms with Crippen LogP contribution in [0.5, 0.6) is 0 Å². The normalized spacial score (nSPS) is 13.1. The van der Waals surface area contributed by atoms with Gasteiger partial charge in [-0.25, -0.2) is 0 Å². The molecule has 5 heteroatoms. The Balaban J connectivity index is 2.94. The molecule has 2 N–H and O–H groups in total. The molecule has 1 aromatic heterocycles. The van der Waals surface area contributed by atoms with E-state index < -0.39 is 0 Å². The molecule has 0 amide bonds. The van der Waals surface area contributed by atoms with Gasteiger partial charge in [-0.15, -0.1) is 0 Å². The maximum Gasteiger partial charge on any atom is 0.182 e. The predicted molar refractivity (Wildman–Crippen MR) is 64.8 cm³/mol. The first-order valence-corrected chi connectivity index (χ1v) is 5.81. The molecule has 0 spiro atoms. The van der Waals surface area contributed by atoms with E-state index in [4.69, 9.17) is 17.3 Å². The van der Waals surface area contributed by atoms with Crippen molar-refractivity contribution in [1.82, 2.24) is 9.78 Å². The Bertz CT molecular complexity index is 373. The number of Topliss-reactive ketones (excluding diaryl/α,β-unsaturated/α-hetero) is 1. The fourth-order valence-corrected chi connectivity index (χ4v) is 1.73. The molecule has 0 radical (unpaired) electrons. The van der Waals surface area contributed by atoms with E-state index >= 15 is 0 Å². The van der Waals surface area contributed by atoms with Gasteiger partial charge in [-0.2, -0.15) is 5.10 Å². The Hall–Kier alpha value is -0.870. The van der Waals surface area contributed by atoms with Gasteiger partial charge in [-0.1, -0.05) is 18.5 Å². The summed E-state index contributed by atoms with van der Waals surface area (Å²) in [6.07, 6.45) is 1.93. The summed E-state index contributed by atoms with van der Waals surface area (Å²) in [5.74, 6) is 0.174. The van der Waals surface area contributed by atoms with Crippen molar-refractivity contribution in [2.24, 2.45) is 11.7 Å². The highest BCUT2D eigenvalue weighted by Crippen LogP contribution is 2.21. The van der Waals surface area contributed by atoms with E-state index in [9.17, 15) is 4.79 Å². The molecular weight excluding hydrogens is 226 g/mol. The summed E-state index contributed by atoms with van der Waals surface area (Å²) in [5.41, 5.74) is 6.00. The fourth-order valence-electron chi connectivity index (χ4n) is 1.49. The van der Waals surface area contributed by atoms with Crippen molar-refractivity contribution in [2.75, 3.05) is 6.54 Å². The fraction of sp³-hybridized carbons (Fsp3) is 0.636. The number of hydrogen-bond donors (Lipinski definition) is 1. The number of nitrogens with two attached hydrogens (primary N) is 1. The van der Waals surface area contributed by atoms with Crippen LogP contribution < -0.4 is 5.73 Å². The molecule has 0 aromatic carbocycles. The van der Waals surface area contributed by atoms with E-state index in [-0.39, 0.29) is 17.7 Å². The molecule has 90 valence electrons. The van der Waals surface area contributed by atoms with Crippen molar-refractivity contribution in [1.29, 1.82) is 0 Å². The summed E-state index contributed by atoms with van der Waals surface area (Å²) in [6.45, 7) is 6.38. The highest BCUT2D eigenvalue weighted by atomic mass is 35.5. The van der Waals surface area contributed by atoms with E-state index in [0.29, 0.717) is 23.7 Å². The third kappa shape index (κ3) is 2.83. The van der Waals surface area contributed by atoms with E-state index in [1.807, 2.05) is 20.8 Å². The zero-order valence-electron chi connectivity index (χ0n) is 9.90. The molecule has 0 aliphatic rings. The molecular formula is C11H18ClN3O. The van der Waals surface area contributed by atoms with E-state index in [2.05, 4.69) is 5.10 Å². The summed E-state index contributed by atoms with van der Waals surface area (Å²) in [5, 5.41) is 4.52. The van der Waals surface area contributed by atoms with E-state index in [0.717, 1.165) is 0 Å². The van der Waals surface area contributed by atoms with Crippen molar-refractivity contribution >= 4 is 17.4 Å². The average molecular weight is 244 g/mol. The molecule has 1 rings (SSSR count). The molecule has 1 atom stereocenters. The topological polar surface area (TPSA) is 60.9 Å². The number of hydrogen-bond acceptors (Lipinski definition) is 3. The molecule has 0 bridgehead atoms. The van der Waals surface area contributed by atoms with Crippen LogP contribution >= 0.6 is 11.6 Å². The number of rotatable bonds is 5. The maximum absolute atomic E-state index is 12.0. The van der Waals surface area contributed by atoms with E-state index in [1.165, 1.54) is 6.20 Å². The molecule has 0 fully saturated rings. The van der Waals surface area contributed by atoms with Gasteiger partial charge in [0.25, 0.3) is 0 Å². The average Bonchev–Trinajstić information content (AvgIpc) is 2.59. The first-order chi connectivity index (χ1) is 7.47. The zero-order valence-corrected chi connectivity index (χ0v) is 10.7. The number of nitrogens with zero attached hydrogens (tertiary/aromatic N) is 2. The van der Waals surface area contributed by atoms with Crippen molar-refractivity contribution in [3.63, 3.8) is 0 Å². The summed E-state index contributed by atoms with van der Waals surface area (Å²) in [4.78, 5) is 12.0. The van der Waals surface area contributed by atoms with Crippen molar-refractivity contribution in [3.05, 3.63) is 16.9 Å². The van der Waals surface area contributed by atoms with Crippen molar-refractivity contribution < 1.29 is 4.79 Å². The summed E-state index contributed by atoms with van der Waals surface area (Å²) in [7, 11) is 0. The molecule has 0 aliphatic heterocycles. The second-order valence-electron chi connectivity index (χ2n) is 4.35. The van der Waals surface area contributed by atoms with E-state index in [1.54, 1.807) is 4.68 Å². The standard InChI is InChI=1S/C11H18ClN3O/c1-7(2)15-11(9(12)6-14-15)10(16)4-8(3)5-13/h6-8H,4-5,13H2,1-3H3. The highest BCUT2D eigenvalue weighted by Gasteiger charge is 2.20. The van der Waals surface area contributed by atoms with Crippen LogP contribution in [0.4, 0.5) is 0 Å². The number of halogens is 1. The van der Waals surface area contributed by atoms with Gasteiger partial charge in [0.2, 0.25) is 0 Å².